The van der Waals surface area contributed by atoms with Gasteiger partial charge in [0.15, 0.2) is 5.16 Å². The van der Waals surface area contributed by atoms with E-state index in [4.69, 9.17) is 0 Å². The van der Waals surface area contributed by atoms with E-state index in [1.807, 2.05) is 19.9 Å². The number of carbonyl (C=O) groups excluding carboxylic acids is 1. The summed E-state index contributed by atoms with van der Waals surface area (Å²) in [5.41, 5.74) is 1.90. The zero-order valence-electron chi connectivity index (χ0n) is 13.6. The van der Waals surface area contributed by atoms with Crippen molar-refractivity contribution in [3.8, 4) is 0 Å². The van der Waals surface area contributed by atoms with Gasteiger partial charge in [-0.15, -0.1) is 0 Å². The molecule has 1 atom stereocenters. The fourth-order valence-electron chi connectivity index (χ4n) is 2.40. The fraction of sp³-hybridized carbons (Fsp3) is 0.688. The van der Waals surface area contributed by atoms with Crippen molar-refractivity contribution in [3.63, 3.8) is 0 Å². The first-order valence-electron chi connectivity index (χ1n) is 7.64. The minimum Gasteiger partial charge on any atom is -0.336 e. The molecular formula is C16H25N3OS. The molecule has 1 heterocycles. The average Bonchev–Trinajstić information content (AvgIpc) is 3.19. The van der Waals surface area contributed by atoms with Crippen LogP contribution in [0.5, 0.6) is 0 Å². The minimum absolute atomic E-state index is 0.214. The van der Waals surface area contributed by atoms with Gasteiger partial charge < -0.3 is 4.90 Å². The average molecular weight is 307 g/mol. The number of amides is 1. The van der Waals surface area contributed by atoms with Gasteiger partial charge in [-0.25, -0.2) is 9.97 Å². The molecule has 0 aromatic carbocycles. The van der Waals surface area contributed by atoms with Crippen LogP contribution in [0.15, 0.2) is 11.2 Å². The van der Waals surface area contributed by atoms with E-state index in [9.17, 15) is 4.79 Å². The molecule has 1 aliphatic rings. The van der Waals surface area contributed by atoms with E-state index >= 15 is 0 Å². The monoisotopic (exact) mass is 307 g/mol. The second-order valence-electron chi connectivity index (χ2n) is 6.24. The topological polar surface area (TPSA) is 46.1 Å². The number of thioether (sulfide) groups is 1. The van der Waals surface area contributed by atoms with Crippen LogP contribution in [0, 0.1) is 19.8 Å². The Morgan fingerprint density at radius 3 is 2.33 bits per heavy atom. The van der Waals surface area contributed by atoms with Gasteiger partial charge in [-0.05, 0) is 45.6 Å². The summed E-state index contributed by atoms with van der Waals surface area (Å²) in [7, 11) is 0. The van der Waals surface area contributed by atoms with E-state index in [1.165, 1.54) is 11.8 Å². The zero-order chi connectivity index (χ0) is 15.6. The second kappa shape index (κ2) is 6.77. The van der Waals surface area contributed by atoms with Crippen molar-refractivity contribution in [3.05, 3.63) is 17.5 Å². The third-order valence-corrected chi connectivity index (χ3v) is 4.75. The standard InChI is InChI=1S/C16H25N3OS/c1-10(2)13(5)19(14-6-7-14)15(20)9-21-16-17-11(3)8-12(4)18-16/h8,10,13-14H,6-7,9H2,1-5H3. The molecule has 0 radical (unpaired) electrons. The van der Waals surface area contributed by atoms with Gasteiger partial charge in [0.2, 0.25) is 5.91 Å². The number of rotatable bonds is 6. The summed E-state index contributed by atoms with van der Waals surface area (Å²) in [5, 5.41) is 0.703. The minimum atomic E-state index is 0.214. The van der Waals surface area contributed by atoms with Crippen LogP contribution in [-0.2, 0) is 4.79 Å². The van der Waals surface area contributed by atoms with Gasteiger partial charge in [0.05, 0.1) is 5.75 Å². The number of nitrogens with zero attached hydrogens (tertiary/aromatic N) is 3. The molecule has 0 N–H and O–H groups in total. The first kappa shape index (κ1) is 16.3. The predicted octanol–water partition coefficient (Wildman–Crippen LogP) is 3.22. The molecule has 1 aliphatic carbocycles. The lowest BCUT2D eigenvalue weighted by Crippen LogP contribution is -2.44. The first-order chi connectivity index (χ1) is 9.88. The van der Waals surface area contributed by atoms with Gasteiger partial charge in [-0.2, -0.15) is 0 Å². The third kappa shape index (κ3) is 4.43. The first-order valence-corrected chi connectivity index (χ1v) is 8.63. The van der Waals surface area contributed by atoms with Crippen LogP contribution < -0.4 is 0 Å². The molecule has 1 fully saturated rings. The van der Waals surface area contributed by atoms with E-state index in [0.717, 1.165) is 24.2 Å². The van der Waals surface area contributed by atoms with Crippen molar-refractivity contribution in [1.29, 1.82) is 0 Å². The van der Waals surface area contributed by atoms with Gasteiger partial charge >= 0.3 is 0 Å². The Morgan fingerprint density at radius 1 is 1.29 bits per heavy atom. The van der Waals surface area contributed by atoms with Crippen molar-refractivity contribution in [2.24, 2.45) is 5.92 Å². The van der Waals surface area contributed by atoms with Crippen molar-refractivity contribution < 1.29 is 4.79 Å². The molecule has 5 heteroatoms. The van der Waals surface area contributed by atoms with Crippen LogP contribution >= 0.6 is 11.8 Å². The summed E-state index contributed by atoms with van der Waals surface area (Å²) in [6.07, 6.45) is 2.29. The van der Waals surface area contributed by atoms with Crippen molar-refractivity contribution >= 4 is 17.7 Å². The van der Waals surface area contributed by atoms with Crippen LogP contribution in [-0.4, -0.2) is 38.6 Å². The van der Waals surface area contributed by atoms with E-state index < -0.39 is 0 Å². The molecule has 116 valence electrons. The van der Waals surface area contributed by atoms with Crippen molar-refractivity contribution in [2.45, 2.75) is 64.7 Å². The van der Waals surface area contributed by atoms with Crippen LogP contribution in [0.3, 0.4) is 0 Å². The van der Waals surface area contributed by atoms with Crippen molar-refractivity contribution in [2.75, 3.05) is 5.75 Å². The summed E-state index contributed by atoms with van der Waals surface area (Å²) in [6, 6.07) is 2.70. The molecule has 0 spiro atoms. The molecule has 1 aromatic rings. The van der Waals surface area contributed by atoms with Crippen molar-refractivity contribution in [1.82, 2.24) is 14.9 Å². The smallest absolute Gasteiger partial charge is 0.233 e. The molecule has 1 amide bonds. The maximum Gasteiger partial charge on any atom is 0.233 e. The fourth-order valence-corrected chi connectivity index (χ4v) is 3.21. The normalized spacial score (nSPS) is 16.1. The second-order valence-corrected chi connectivity index (χ2v) is 7.18. The zero-order valence-corrected chi connectivity index (χ0v) is 14.4. The third-order valence-electron chi connectivity index (χ3n) is 3.92. The summed E-state index contributed by atoms with van der Waals surface area (Å²) in [5.74, 6) is 1.12. The van der Waals surface area contributed by atoms with Gasteiger partial charge in [0.1, 0.15) is 0 Å². The number of hydrogen-bond acceptors (Lipinski definition) is 4. The molecule has 2 rings (SSSR count). The van der Waals surface area contributed by atoms with Crippen LogP contribution in [0.25, 0.3) is 0 Å². The van der Waals surface area contributed by atoms with Crippen LogP contribution in [0.4, 0.5) is 0 Å². The lowest BCUT2D eigenvalue weighted by molar-refractivity contribution is -0.131. The molecule has 0 aliphatic heterocycles. The van der Waals surface area contributed by atoms with Gasteiger partial charge in [0.25, 0.3) is 0 Å². The summed E-state index contributed by atoms with van der Waals surface area (Å²) >= 11 is 1.45. The summed E-state index contributed by atoms with van der Waals surface area (Å²) in [4.78, 5) is 23.4. The van der Waals surface area contributed by atoms with Gasteiger partial charge in [0, 0.05) is 23.5 Å². The molecule has 4 nitrogen and oxygen atoms in total. The molecule has 1 aromatic heterocycles. The quantitative estimate of drug-likeness (QED) is 0.598. The maximum absolute atomic E-state index is 12.6. The van der Waals surface area contributed by atoms with Crippen LogP contribution in [0.2, 0.25) is 0 Å². The molecular weight excluding hydrogens is 282 g/mol. The Balaban J connectivity index is 1.99. The molecule has 1 unspecified atom stereocenters. The number of aromatic nitrogens is 2. The van der Waals surface area contributed by atoms with E-state index in [2.05, 4.69) is 35.6 Å². The lowest BCUT2D eigenvalue weighted by atomic mass is 10.0. The van der Waals surface area contributed by atoms with E-state index in [-0.39, 0.29) is 5.91 Å². The SMILES string of the molecule is Cc1cc(C)nc(SCC(=O)N(C2CC2)C(C)C(C)C)n1. The molecule has 0 bridgehead atoms. The number of aryl methyl sites for hydroxylation is 2. The predicted molar refractivity (Wildman–Crippen MR) is 86.4 cm³/mol. The number of hydrogen-bond donors (Lipinski definition) is 0. The Morgan fingerprint density at radius 2 is 1.86 bits per heavy atom. The van der Waals surface area contributed by atoms with Gasteiger partial charge in [-0.1, -0.05) is 25.6 Å². The molecule has 1 saturated carbocycles. The van der Waals surface area contributed by atoms with E-state index in [0.29, 0.717) is 28.9 Å². The molecule has 21 heavy (non-hydrogen) atoms. The van der Waals surface area contributed by atoms with Crippen LogP contribution in [0.1, 0.15) is 45.0 Å². The lowest BCUT2D eigenvalue weighted by Gasteiger charge is -2.32. The summed E-state index contributed by atoms with van der Waals surface area (Å²) < 4.78 is 0. The Labute approximate surface area is 131 Å². The number of carbonyl (C=O) groups is 1. The highest BCUT2D eigenvalue weighted by atomic mass is 32.2. The molecule has 0 saturated heterocycles. The largest absolute Gasteiger partial charge is 0.336 e. The van der Waals surface area contributed by atoms with E-state index in [1.54, 1.807) is 0 Å². The Kier molecular flexibility index (Phi) is 5.25. The van der Waals surface area contributed by atoms with Gasteiger partial charge in [-0.3, -0.25) is 4.79 Å². The highest BCUT2D eigenvalue weighted by Crippen LogP contribution is 2.31. The summed E-state index contributed by atoms with van der Waals surface area (Å²) in [6.45, 7) is 10.4. The highest BCUT2D eigenvalue weighted by molar-refractivity contribution is 7.99. The highest BCUT2D eigenvalue weighted by Gasteiger charge is 2.36. The Bertz CT molecular complexity index is 494. The Hall–Kier alpha value is -1.10. The maximum atomic E-state index is 12.6.